The van der Waals surface area contributed by atoms with E-state index < -0.39 is 0 Å². The first kappa shape index (κ1) is 14.3. The smallest absolute Gasteiger partial charge is 0.242 e. The summed E-state index contributed by atoms with van der Waals surface area (Å²) in [6.45, 7) is 5.16. The van der Waals surface area contributed by atoms with E-state index in [0.717, 1.165) is 45.7 Å². The lowest BCUT2D eigenvalue weighted by atomic mass is 10.1. The van der Waals surface area contributed by atoms with Crippen molar-refractivity contribution in [3.63, 3.8) is 0 Å². The van der Waals surface area contributed by atoms with Crippen molar-refractivity contribution >= 4 is 11.8 Å². The summed E-state index contributed by atoms with van der Waals surface area (Å²) in [5.74, 6) is 0.224. The van der Waals surface area contributed by atoms with Crippen molar-refractivity contribution in [3.05, 3.63) is 0 Å². The fourth-order valence-corrected chi connectivity index (χ4v) is 2.74. The zero-order valence-corrected chi connectivity index (χ0v) is 11.9. The lowest BCUT2D eigenvalue weighted by Gasteiger charge is -2.29. The van der Waals surface area contributed by atoms with E-state index in [1.165, 1.54) is 0 Å². The van der Waals surface area contributed by atoms with Gasteiger partial charge in [0.25, 0.3) is 0 Å². The van der Waals surface area contributed by atoms with E-state index in [9.17, 15) is 9.59 Å². The van der Waals surface area contributed by atoms with Gasteiger partial charge in [0, 0.05) is 39.8 Å². The molecule has 0 radical (unpaired) electrons. The molecule has 1 N–H and O–H groups in total. The van der Waals surface area contributed by atoms with Crippen LogP contribution in [-0.2, 0) is 9.59 Å². The van der Waals surface area contributed by atoms with Crippen LogP contribution in [0.5, 0.6) is 0 Å². The molecule has 19 heavy (non-hydrogen) atoms. The molecule has 2 fully saturated rings. The predicted octanol–water partition coefficient (Wildman–Crippen LogP) is -1.17. The summed E-state index contributed by atoms with van der Waals surface area (Å²) < 4.78 is 0. The summed E-state index contributed by atoms with van der Waals surface area (Å²) in [5, 5.41) is 3.22. The molecule has 2 aliphatic heterocycles. The minimum Gasteiger partial charge on any atom is -0.339 e. The summed E-state index contributed by atoms with van der Waals surface area (Å²) in [6.07, 6.45) is 0.904. The molecule has 0 bridgehead atoms. The first-order chi connectivity index (χ1) is 9.08. The monoisotopic (exact) mass is 268 g/mol. The second-order valence-corrected chi connectivity index (χ2v) is 5.57. The third kappa shape index (κ3) is 3.67. The molecule has 6 nitrogen and oxygen atoms in total. The molecule has 108 valence electrons. The highest BCUT2D eigenvalue weighted by atomic mass is 16.2. The van der Waals surface area contributed by atoms with Gasteiger partial charge in [-0.25, -0.2) is 0 Å². The van der Waals surface area contributed by atoms with Gasteiger partial charge in [0.05, 0.1) is 12.5 Å². The second kappa shape index (κ2) is 6.34. The number of carbonyl (C=O) groups excluding carboxylic acids is 2. The number of likely N-dealkylation sites (N-methyl/N-ethyl adjacent to an activating group) is 1. The number of hydrogen-bond acceptors (Lipinski definition) is 4. The normalized spacial score (nSPS) is 24.5. The van der Waals surface area contributed by atoms with E-state index in [2.05, 4.69) is 10.2 Å². The van der Waals surface area contributed by atoms with E-state index in [1.807, 2.05) is 11.9 Å². The fourth-order valence-electron chi connectivity index (χ4n) is 2.74. The Balaban J connectivity index is 1.80. The predicted molar refractivity (Wildman–Crippen MR) is 72.7 cm³/mol. The summed E-state index contributed by atoms with van der Waals surface area (Å²) in [4.78, 5) is 29.9. The van der Waals surface area contributed by atoms with E-state index in [-0.39, 0.29) is 24.3 Å². The minimum absolute atomic E-state index is 0.0590. The van der Waals surface area contributed by atoms with Gasteiger partial charge in [0.1, 0.15) is 0 Å². The third-order valence-electron chi connectivity index (χ3n) is 3.96. The minimum atomic E-state index is 0.0590. The van der Waals surface area contributed by atoms with Gasteiger partial charge in [0.15, 0.2) is 0 Å². The molecule has 2 aliphatic rings. The van der Waals surface area contributed by atoms with Gasteiger partial charge in [-0.05, 0) is 20.0 Å². The molecule has 1 unspecified atom stereocenters. The molecule has 1 atom stereocenters. The maximum Gasteiger partial charge on any atom is 0.242 e. The number of hydrogen-bond donors (Lipinski definition) is 1. The SMILES string of the molecule is CN1CCC(C(=O)N(C)CC(=O)N2CCNCC2)C1. The largest absolute Gasteiger partial charge is 0.339 e. The van der Waals surface area contributed by atoms with Crippen molar-refractivity contribution < 1.29 is 9.59 Å². The first-order valence-corrected chi connectivity index (χ1v) is 7.00. The number of likely N-dealkylation sites (tertiary alicyclic amines) is 1. The zero-order chi connectivity index (χ0) is 13.8. The fraction of sp³-hybridized carbons (Fsp3) is 0.846. The average Bonchev–Trinajstić information content (AvgIpc) is 2.85. The Morgan fingerprint density at radius 2 is 1.95 bits per heavy atom. The molecule has 0 aromatic rings. The van der Waals surface area contributed by atoms with Crippen molar-refractivity contribution in [1.82, 2.24) is 20.0 Å². The number of rotatable bonds is 3. The van der Waals surface area contributed by atoms with Crippen molar-refractivity contribution in [3.8, 4) is 0 Å². The van der Waals surface area contributed by atoms with E-state index in [0.29, 0.717) is 0 Å². The first-order valence-electron chi connectivity index (χ1n) is 7.00. The Bertz CT molecular complexity index is 342. The Hall–Kier alpha value is -1.14. The molecule has 2 heterocycles. The second-order valence-electron chi connectivity index (χ2n) is 5.57. The topological polar surface area (TPSA) is 55.9 Å². The van der Waals surface area contributed by atoms with Gasteiger partial charge in [-0.1, -0.05) is 0 Å². The van der Waals surface area contributed by atoms with Gasteiger partial charge >= 0.3 is 0 Å². The van der Waals surface area contributed by atoms with Gasteiger partial charge in [0.2, 0.25) is 11.8 Å². The average molecular weight is 268 g/mol. The molecule has 6 heteroatoms. The Labute approximate surface area is 114 Å². The highest BCUT2D eigenvalue weighted by molar-refractivity contribution is 5.86. The van der Waals surface area contributed by atoms with Crippen LogP contribution < -0.4 is 5.32 Å². The van der Waals surface area contributed by atoms with Crippen LogP contribution in [0.3, 0.4) is 0 Å². The summed E-state index contributed by atoms with van der Waals surface area (Å²) in [5.41, 5.74) is 0. The Morgan fingerprint density at radius 3 is 2.53 bits per heavy atom. The Morgan fingerprint density at radius 1 is 1.26 bits per heavy atom. The molecule has 2 amide bonds. The zero-order valence-electron chi connectivity index (χ0n) is 11.9. The van der Waals surface area contributed by atoms with Gasteiger partial charge in [-0.3, -0.25) is 9.59 Å². The van der Waals surface area contributed by atoms with Gasteiger partial charge < -0.3 is 20.0 Å². The van der Waals surface area contributed by atoms with Crippen LogP contribution in [0.15, 0.2) is 0 Å². The van der Waals surface area contributed by atoms with Gasteiger partial charge in [-0.15, -0.1) is 0 Å². The van der Waals surface area contributed by atoms with Crippen LogP contribution in [0.25, 0.3) is 0 Å². The number of amides is 2. The van der Waals surface area contributed by atoms with E-state index >= 15 is 0 Å². The molecule has 2 saturated heterocycles. The van der Waals surface area contributed by atoms with Gasteiger partial charge in [-0.2, -0.15) is 0 Å². The van der Waals surface area contributed by atoms with Crippen LogP contribution in [0.2, 0.25) is 0 Å². The molecule has 0 aromatic heterocycles. The highest BCUT2D eigenvalue weighted by Crippen LogP contribution is 2.16. The van der Waals surface area contributed by atoms with Crippen LogP contribution in [0.1, 0.15) is 6.42 Å². The molecular formula is C13H24N4O2. The van der Waals surface area contributed by atoms with Crippen LogP contribution in [0, 0.1) is 5.92 Å². The maximum absolute atomic E-state index is 12.2. The Kier molecular flexibility index (Phi) is 4.76. The third-order valence-corrected chi connectivity index (χ3v) is 3.96. The molecule has 0 aliphatic carbocycles. The lowest BCUT2D eigenvalue weighted by Crippen LogP contribution is -2.50. The van der Waals surface area contributed by atoms with Crippen molar-refractivity contribution in [2.45, 2.75) is 6.42 Å². The number of nitrogens with one attached hydrogen (secondary N) is 1. The number of piperazine rings is 1. The number of nitrogens with zero attached hydrogens (tertiary/aromatic N) is 3. The van der Waals surface area contributed by atoms with Crippen molar-refractivity contribution in [2.75, 3.05) is 59.9 Å². The van der Waals surface area contributed by atoms with Crippen molar-refractivity contribution in [2.24, 2.45) is 5.92 Å². The molecule has 0 spiro atoms. The maximum atomic E-state index is 12.2. The molecule has 0 aromatic carbocycles. The molecular weight excluding hydrogens is 244 g/mol. The van der Waals surface area contributed by atoms with E-state index in [4.69, 9.17) is 0 Å². The van der Waals surface area contributed by atoms with Crippen LogP contribution in [0.4, 0.5) is 0 Å². The highest BCUT2D eigenvalue weighted by Gasteiger charge is 2.29. The van der Waals surface area contributed by atoms with Crippen molar-refractivity contribution in [1.29, 1.82) is 0 Å². The summed E-state index contributed by atoms with van der Waals surface area (Å²) >= 11 is 0. The van der Waals surface area contributed by atoms with Crippen LogP contribution in [-0.4, -0.2) is 86.4 Å². The number of carbonyl (C=O) groups is 2. The standard InChI is InChI=1S/C13H24N4O2/c1-15-6-3-11(9-15)13(19)16(2)10-12(18)17-7-4-14-5-8-17/h11,14H,3-10H2,1-2H3. The quantitative estimate of drug-likeness (QED) is 0.701. The molecule has 2 rings (SSSR count). The lowest BCUT2D eigenvalue weighted by molar-refractivity contribution is -0.141. The summed E-state index contributed by atoms with van der Waals surface area (Å²) in [6, 6.07) is 0. The molecule has 0 saturated carbocycles. The van der Waals surface area contributed by atoms with Crippen LogP contribution >= 0.6 is 0 Å². The van der Waals surface area contributed by atoms with E-state index in [1.54, 1.807) is 11.9 Å². The summed E-state index contributed by atoms with van der Waals surface area (Å²) in [7, 11) is 3.76.